The molecule has 7 heteroatoms. The second-order valence-electron chi connectivity index (χ2n) is 5.17. The molecule has 0 aliphatic carbocycles. The second kappa shape index (κ2) is 6.44. The Bertz CT molecular complexity index is 615. The number of nitrogens with two attached hydrogens (primary N) is 1. The van der Waals surface area contributed by atoms with Crippen molar-refractivity contribution in [3.63, 3.8) is 0 Å². The summed E-state index contributed by atoms with van der Waals surface area (Å²) in [4.78, 5) is 11.5. The summed E-state index contributed by atoms with van der Waals surface area (Å²) in [7, 11) is -2.59. The van der Waals surface area contributed by atoms with Gasteiger partial charge in [-0.1, -0.05) is 0 Å². The molecule has 0 aromatic heterocycles. The molecular weight excluding hydrogens is 292 g/mol. The average Bonchev–Trinajstić information content (AvgIpc) is 2.40. The van der Waals surface area contributed by atoms with Gasteiger partial charge in [-0.15, -0.1) is 0 Å². The Morgan fingerprint density at radius 2 is 1.90 bits per heavy atom. The SMILES string of the molecule is COC(=O)CN(C(C)C)S(=O)(=O)c1cc(C)c(C)c(N)c1. The summed E-state index contributed by atoms with van der Waals surface area (Å²) in [6, 6.07) is 2.61. The van der Waals surface area contributed by atoms with E-state index in [0.717, 1.165) is 15.4 Å². The summed E-state index contributed by atoms with van der Waals surface area (Å²) in [5.41, 5.74) is 7.89. The number of esters is 1. The lowest BCUT2D eigenvalue weighted by Crippen LogP contribution is -2.41. The van der Waals surface area contributed by atoms with Crippen molar-refractivity contribution in [1.29, 1.82) is 0 Å². The van der Waals surface area contributed by atoms with Crippen LogP contribution >= 0.6 is 0 Å². The molecule has 0 fully saturated rings. The Hall–Kier alpha value is -1.60. The highest BCUT2D eigenvalue weighted by Crippen LogP contribution is 2.25. The van der Waals surface area contributed by atoms with Crippen LogP contribution in [0.1, 0.15) is 25.0 Å². The molecule has 0 saturated carbocycles. The molecule has 0 atom stereocenters. The standard InChI is InChI=1S/C14H22N2O4S/c1-9(2)16(8-14(17)20-5)21(18,19)12-6-10(3)11(4)13(15)7-12/h6-7,9H,8,15H2,1-5H3. The Kier molecular flexibility index (Phi) is 5.36. The first-order valence-electron chi connectivity index (χ1n) is 6.56. The number of ether oxygens (including phenoxy) is 1. The number of carbonyl (C=O) groups is 1. The van der Waals surface area contributed by atoms with Gasteiger partial charge in [-0.25, -0.2) is 8.42 Å². The summed E-state index contributed by atoms with van der Waals surface area (Å²) in [6.45, 7) is 6.69. The smallest absolute Gasteiger partial charge is 0.321 e. The van der Waals surface area contributed by atoms with Gasteiger partial charge in [0.05, 0.1) is 12.0 Å². The first-order chi connectivity index (χ1) is 9.61. The van der Waals surface area contributed by atoms with Gasteiger partial charge in [-0.05, 0) is 51.0 Å². The third kappa shape index (κ3) is 3.74. The van der Waals surface area contributed by atoms with E-state index >= 15 is 0 Å². The van der Waals surface area contributed by atoms with Crippen LogP contribution in [0.2, 0.25) is 0 Å². The molecule has 0 unspecified atom stereocenters. The topological polar surface area (TPSA) is 89.7 Å². The zero-order valence-electron chi connectivity index (χ0n) is 13.0. The number of aryl methyl sites for hydroxylation is 1. The lowest BCUT2D eigenvalue weighted by Gasteiger charge is -2.25. The van der Waals surface area contributed by atoms with Gasteiger partial charge in [0.1, 0.15) is 6.54 Å². The quantitative estimate of drug-likeness (QED) is 0.656. The van der Waals surface area contributed by atoms with E-state index in [-0.39, 0.29) is 17.5 Å². The Balaban J connectivity index is 3.33. The number of nitrogen functional groups attached to an aromatic ring is 1. The van der Waals surface area contributed by atoms with Gasteiger partial charge in [0.25, 0.3) is 0 Å². The average molecular weight is 314 g/mol. The van der Waals surface area contributed by atoms with Crippen LogP contribution in [0, 0.1) is 13.8 Å². The highest BCUT2D eigenvalue weighted by atomic mass is 32.2. The number of hydrogen-bond acceptors (Lipinski definition) is 5. The maximum Gasteiger partial charge on any atom is 0.321 e. The fourth-order valence-corrected chi connectivity index (χ4v) is 3.58. The molecule has 0 spiro atoms. The number of nitrogens with zero attached hydrogens (tertiary/aromatic N) is 1. The van der Waals surface area contributed by atoms with Crippen LogP contribution in [0.3, 0.4) is 0 Å². The summed E-state index contributed by atoms with van der Waals surface area (Å²) >= 11 is 0. The van der Waals surface area contributed by atoms with Crippen molar-refractivity contribution in [2.45, 2.75) is 38.6 Å². The molecule has 0 heterocycles. The van der Waals surface area contributed by atoms with Crippen molar-refractivity contribution in [3.8, 4) is 0 Å². The molecule has 0 amide bonds. The predicted molar refractivity (Wildman–Crippen MR) is 81.4 cm³/mol. The van der Waals surface area contributed by atoms with E-state index in [1.807, 2.05) is 6.92 Å². The molecule has 1 aromatic rings. The number of sulfonamides is 1. The van der Waals surface area contributed by atoms with Gasteiger partial charge in [0.15, 0.2) is 0 Å². The maximum absolute atomic E-state index is 12.7. The van der Waals surface area contributed by atoms with Crippen LogP contribution in [0.15, 0.2) is 17.0 Å². The molecule has 0 saturated heterocycles. The maximum atomic E-state index is 12.7. The summed E-state index contributed by atoms with van der Waals surface area (Å²) < 4.78 is 31.1. The summed E-state index contributed by atoms with van der Waals surface area (Å²) in [5.74, 6) is -0.607. The zero-order chi connectivity index (χ0) is 16.4. The predicted octanol–water partition coefficient (Wildman–Crippen LogP) is 1.46. The highest BCUT2D eigenvalue weighted by Gasteiger charge is 2.30. The molecule has 1 rings (SSSR count). The molecule has 0 aliphatic rings. The van der Waals surface area contributed by atoms with E-state index in [2.05, 4.69) is 4.74 Å². The molecule has 2 N–H and O–H groups in total. The largest absolute Gasteiger partial charge is 0.468 e. The number of methoxy groups -OCH3 is 1. The summed E-state index contributed by atoms with van der Waals surface area (Å²) in [6.07, 6.45) is 0. The molecule has 6 nitrogen and oxygen atoms in total. The van der Waals surface area contributed by atoms with Crippen molar-refractivity contribution < 1.29 is 17.9 Å². The molecule has 0 bridgehead atoms. The van der Waals surface area contributed by atoms with Gasteiger partial charge in [-0.2, -0.15) is 4.31 Å². The monoisotopic (exact) mass is 314 g/mol. The van der Waals surface area contributed by atoms with Gasteiger partial charge in [0.2, 0.25) is 10.0 Å². The van der Waals surface area contributed by atoms with Crippen LogP contribution in [-0.2, 0) is 19.6 Å². The second-order valence-corrected chi connectivity index (χ2v) is 7.07. The number of carbonyl (C=O) groups excluding carboxylic acids is 1. The van der Waals surface area contributed by atoms with Crippen molar-refractivity contribution >= 4 is 21.7 Å². The molecule has 1 aromatic carbocycles. The Morgan fingerprint density at radius 3 is 2.33 bits per heavy atom. The fourth-order valence-electron chi connectivity index (χ4n) is 1.87. The molecular formula is C14H22N2O4S. The van der Waals surface area contributed by atoms with Crippen LogP contribution in [-0.4, -0.2) is 38.4 Å². The van der Waals surface area contributed by atoms with Crippen LogP contribution in [0.25, 0.3) is 0 Å². The minimum absolute atomic E-state index is 0.0840. The van der Waals surface area contributed by atoms with Crippen LogP contribution < -0.4 is 5.73 Å². The normalized spacial score (nSPS) is 12.0. The first kappa shape index (κ1) is 17.5. The first-order valence-corrected chi connectivity index (χ1v) is 8.00. The summed E-state index contributed by atoms with van der Waals surface area (Å²) in [5, 5.41) is 0. The number of rotatable bonds is 5. The van der Waals surface area contributed by atoms with Crippen molar-refractivity contribution in [2.24, 2.45) is 0 Å². The molecule has 21 heavy (non-hydrogen) atoms. The molecule has 0 radical (unpaired) electrons. The minimum Gasteiger partial charge on any atom is -0.468 e. The van der Waals surface area contributed by atoms with E-state index in [1.165, 1.54) is 13.2 Å². The van der Waals surface area contributed by atoms with Crippen LogP contribution in [0.5, 0.6) is 0 Å². The number of anilines is 1. The van der Waals surface area contributed by atoms with E-state index in [0.29, 0.717) is 5.69 Å². The minimum atomic E-state index is -3.81. The molecule has 0 aliphatic heterocycles. The van der Waals surface area contributed by atoms with Crippen molar-refractivity contribution in [2.75, 3.05) is 19.4 Å². The van der Waals surface area contributed by atoms with E-state index in [4.69, 9.17) is 5.73 Å². The van der Waals surface area contributed by atoms with E-state index in [9.17, 15) is 13.2 Å². The lowest BCUT2D eigenvalue weighted by molar-refractivity contribution is -0.141. The Labute approximate surface area is 125 Å². The third-order valence-corrected chi connectivity index (χ3v) is 5.38. The third-order valence-electron chi connectivity index (χ3n) is 3.38. The van der Waals surface area contributed by atoms with Gasteiger partial charge in [0, 0.05) is 11.7 Å². The van der Waals surface area contributed by atoms with Crippen LogP contribution in [0.4, 0.5) is 5.69 Å². The lowest BCUT2D eigenvalue weighted by atomic mass is 10.1. The highest BCUT2D eigenvalue weighted by molar-refractivity contribution is 7.89. The number of benzene rings is 1. The van der Waals surface area contributed by atoms with Gasteiger partial charge >= 0.3 is 5.97 Å². The van der Waals surface area contributed by atoms with E-state index in [1.54, 1.807) is 26.8 Å². The van der Waals surface area contributed by atoms with Crippen molar-refractivity contribution in [3.05, 3.63) is 23.3 Å². The Morgan fingerprint density at radius 1 is 1.33 bits per heavy atom. The fraction of sp³-hybridized carbons (Fsp3) is 0.500. The number of hydrogen-bond donors (Lipinski definition) is 1. The molecule has 118 valence electrons. The van der Waals surface area contributed by atoms with Gasteiger partial charge in [-0.3, -0.25) is 4.79 Å². The zero-order valence-corrected chi connectivity index (χ0v) is 13.8. The van der Waals surface area contributed by atoms with Gasteiger partial charge < -0.3 is 10.5 Å². The van der Waals surface area contributed by atoms with E-state index < -0.39 is 16.0 Å². The van der Waals surface area contributed by atoms with Crippen molar-refractivity contribution in [1.82, 2.24) is 4.31 Å².